The highest BCUT2D eigenvalue weighted by Gasteiger charge is 2.10. The fourth-order valence-corrected chi connectivity index (χ4v) is 2.46. The maximum Gasteiger partial charge on any atom is 0.337 e. The van der Waals surface area contributed by atoms with Crippen molar-refractivity contribution in [2.24, 2.45) is 0 Å². The molecule has 0 saturated carbocycles. The van der Waals surface area contributed by atoms with Crippen LogP contribution >= 0.6 is 0 Å². The number of carboxylic acid groups (broad SMARTS) is 1. The van der Waals surface area contributed by atoms with E-state index >= 15 is 0 Å². The molecule has 6 heteroatoms. The second-order valence-corrected chi connectivity index (χ2v) is 5.89. The van der Waals surface area contributed by atoms with Crippen LogP contribution in [0.25, 0.3) is 6.08 Å². The topological polar surface area (TPSA) is 84.9 Å². The summed E-state index contributed by atoms with van der Waals surface area (Å²) in [5, 5.41) is 11.7. The first-order valence-corrected chi connectivity index (χ1v) is 9.13. The molecule has 29 heavy (non-hydrogen) atoms. The molecular formula is C23H23NO5. The van der Waals surface area contributed by atoms with E-state index < -0.39 is 11.9 Å². The number of para-hydroxylation sites is 1. The van der Waals surface area contributed by atoms with Crippen molar-refractivity contribution in [1.82, 2.24) is 0 Å². The number of methoxy groups -OCH3 is 1. The molecular weight excluding hydrogens is 370 g/mol. The lowest BCUT2D eigenvalue weighted by Crippen LogP contribution is -2.11. The Morgan fingerprint density at radius 3 is 2.66 bits per heavy atom. The van der Waals surface area contributed by atoms with Gasteiger partial charge in [-0.1, -0.05) is 31.0 Å². The Balaban J connectivity index is 2.03. The summed E-state index contributed by atoms with van der Waals surface area (Å²) < 4.78 is 11.0. The number of carbonyl (C=O) groups excluding carboxylic acids is 1. The van der Waals surface area contributed by atoms with Gasteiger partial charge in [0.25, 0.3) is 0 Å². The molecule has 0 atom stereocenters. The maximum absolute atomic E-state index is 12.2. The predicted octanol–water partition coefficient (Wildman–Crippen LogP) is 4.23. The molecule has 1 amide bonds. The number of rotatable bonds is 8. The summed E-state index contributed by atoms with van der Waals surface area (Å²) in [5.41, 5.74) is 1.00. The average Bonchev–Trinajstić information content (AvgIpc) is 2.72. The van der Waals surface area contributed by atoms with Crippen molar-refractivity contribution in [2.75, 3.05) is 19.0 Å². The van der Waals surface area contributed by atoms with Gasteiger partial charge in [0.05, 0.1) is 25.0 Å². The molecule has 0 spiro atoms. The second kappa shape index (κ2) is 11.2. The molecule has 0 radical (unpaired) electrons. The zero-order valence-electron chi connectivity index (χ0n) is 16.4. The summed E-state index contributed by atoms with van der Waals surface area (Å²) in [7, 11) is 1.54. The van der Waals surface area contributed by atoms with E-state index in [4.69, 9.17) is 9.47 Å². The van der Waals surface area contributed by atoms with E-state index in [0.29, 0.717) is 24.5 Å². The van der Waals surface area contributed by atoms with Crippen LogP contribution in [-0.2, 0) is 4.79 Å². The van der Waals surface area contributed by atoms with Crippen molar-refractivity contribution >= 4 is 23.6 Å². The van der Waals surface area contributed by atoms with Crippen molar-refractivity contribution in [3.8, 4) is 23.3 Å². The third-order valence-corrected chi connectivity index (χ3v) is 3.82. The Kier molecular flexibility index (Phi) is 8.33. The highest BCUT2D eigenvalue weighted by Crippen LogP contribution is 2.28. The summed E-state index contributed by atoms with van der Waals surface area (Å²) in [4.78, 5) is 23.4. The highest BCUT2D eigenvalue weighted by atomic mass is 16.5. The number of benzene rings is 2. The first-order chi connectivity index (χ1) is 14.0. The summed E-state index contributed by atoms with van der Waals surface area (Å²) in [6, 6.07) is 11.5. The average molecular weight is 393 g/mol. The van der Waals surface area contributed by atoms with Gasteiger partial charge in [-0.15, -0.1) is 5.92 Å². The van der Waals surface area contributed by atoms with Gasteiger partial charge in [-0.05, 0) is 35.9 Å². The standard InChI is InChI=1S/C23H23NO5/c1-3-4-5-8-15-29-20-13-11-17(16-21(20)28-2)12-14-22(25)24-19-10-7-6-9-18(19)23(26)27/h6-7,9-14,16H,3,8,15H2,1-2H3,(H,24,25)(H,26,27). The van der Waals surface area contributed by atoms with Gasteiger partial charge in [0.1, 0.15) is 0 Å². The maximum atomic E-state index is 12.2. The molecule has 2 aromatic carbocycles. The van der Waals surface area contributed by atoms with Crippen LogP contribution in [-0.4, -0.2) is 30.7 Å². The Morgan fingerprint density at radius 1 is 1.14 bits per heavy atom. The van der Waals surface area contributed by atoms with Gasteiger partial charge in [0.15, 0.2) is 11.5 Å². The third kappa shape index (κ3) is 6.74. The Bertz CT molecular complexity index is 953. The molecule has 0 fully saturated rings. The Labute approximate surface area is 170 Å². The summed E-state index contributed by atoms with van der Waals surface area (Å²) in [5.74, 6) is 5.60. The molecule has 0 aromatic heterocycles. The predicted molar refractivity (Wildman–Crippen MR) is 112 cm³/mol. The lowest BCUT2D eigenvalue weighted by molar-refractivity contribution is -0.111. The number of ether oxygens (including phenoxy) is 2. The van der Waals surface area contributed by atoms with Crippen molar-refractivity contribution in [1.29, 1.82) is 0 Å². The third-order valence-electron chi connectivity index (χ3n) is 3.82. The molecule has 0 saturated heterocycles. The largest absolute Gasteiger partial charge is 0.493 e. The van der Waals surface area contributed by atoms with Gasteiger partial charge in [-0.25, -0.2) is 4.79 Å². The van der Waals surface area contributed by atoms with Crippen LogP contribution in [0.2, 0.25) is 0 Å². The normalized spacial score (nSPS) is 10.1. The highest BCUT2D eigenvalue weighted by molar-refractivity contribution is 6.06. The van der Waals surface area contributed by atoms with E-state index in [1.165, 1.54) is 18.2 Å². The number of nitrogens with one attached hydrogen (secondary N) is 1. The number of carbonyl (C=O) groups is 2. The Morgan fingerprint density at radius 2 is 1.93 bits per heavy atom. The molecule has 0 heterocycles. The van der Waals surface area contributed by atoms with Gasteiger partial charge >= 0.3 is 5.97 Å². The van der Waals surface area contributed by atoms with Gasteiger partial charge in [-0.2, -0.15) is 0 Å². The minimum atomic E-state index is -1.11. The van der Waals surface area contributed by atoms with Crippen molar-refractivity contribution in [3.63, 3.8) is 0 Å². The van der Waals surface area contributed by atoms with Gasteiger partial charge in [-0.3, -0.25) is 4.79 Å². The minimum Gasteiger partial charge on any atom is -0.493 e. The summed E-state index contributed by atoms with van der Waals surface area (Å²) in [6.45, 7) is 2.46. The number of carboxylic acids is 1. The first-order valence-electron chi connectivity index (χ1n) is 9.13. The molecule has 0 aliphatic heterocycles. The van der Waals surface area contributed by atoms with Crippen LogP contribution in [0.1, 0.15) is 35.7 Å². The van der Waals surface area contributed by atoms with Crippen LogP contribution in [0.5, 0.6) is 11.5 Å². The van der Waals surface area contributed by atoms with Crippen molar-refractivity contribution in [2.45, 2.75) is 19.8 Å². The van der Waals surface area contributed by atoms with Crippen LogP contribution in [0.3, 0.4) is 0 Å². The SMILES string of the molecule is CCC#CCCOc1ccc(C=CC(=O)Nc2ccccc2C(=O)O)cc1OC. The molecule has 150 valence electrons. The molecule has 2 rings (SSSR count). The lowest BCUT2D eigenvalue weighted by Gasteiger charge is -2.10. The zero-order valence-corrected chi connectivity index (χ0v) is 16.4. The second-order valence-electron chi connectivity index (χ2n) is 5.89. The summed E-state index contributed by atoms with van der Waals surface area (Å²) >= 11 is 0. The number of hydrogen-bond acceptors (Lipinski definition) is 4. The van der Waals surface area contributed by atoms with E-state index in [2.05, 4.69) is 17.2 Å². The quantitative estimate of drug-likeness (QED) is 0.398. The van der Waals surface area contributed by atoms with E-state index in [-0.39, 0.29) is 11.3 Å². The molecule has 6 nitrogen and oxygen atoms in total. The zero-order chi connectivity index (χ0) is 21.1. The minimum absolute atomic E-state index is 0.0287. The molecule has 0 unspecified atom stereocenters. The monoisotopic (exact) mass is 393 g/mol. The molecule has 0 aliphatic carbocycles. The van der Waals surface area contributed by atoms with E-state index in [1.54, 1.807) is 43.5 Å². The number of amides is 1. The molecule has 2 aromatic rings. The first kappa shape index (κ1) is 21.6. The van der Waals surface area contributed by atoms with E-state index in [0.717, 1.165) is 12.0 Å². The van der Waals surface area contributed by atoms with E-state index in [1.807, 2.05) is 6.92 Å². The fraction of sp³-hybridized carbons (Fsp3) is 0.217. The van der Waals surface area contributed by atoms with Gasteiger partial charge < -0.3 is 19.9 Å². The number of aromatic carboxylic acids is 1. The van der Waals surface area contributed by atoms with Gasteiger partial charge in [0.2, 0.25) is 5.91 Å². The summed E-state index contributed by atoms with van der Waals surface area (Å²) in [6.07, 6.45) is 4.39. The smallest absolute Gasteiger partial charge is 0.337 e. The lowest BCUT2D eigenvalue weighted by atomic mass is 10.1. The number of anilines is 1. The van der Waals surface area contributed by atoms with Crippen molar-refractivity contribution < 1.29 is 24.2 Å². The number of hydrogen-bond donors (Lipinski definition) is 2. The molecule has 0 bridgehead atoms. The van der Waals surface area contributed by atoms with Crippen molar-refractivity contribution in [3.05, 3.63) is 59.7 Å². The van der Waals surface area contributed by atoms with Crippen LogP contribution < -0.4 is 14.8 Å². The Hall–Kier alpha value is -3.72. The van der Waals surface area contributed by atoms with Crippen LogP contribution in [0, 0.1) is 11.8 Å². The van der Waals surface area contributed by atoms with Crippen LogP contribution in [0.4, 0.5) is 5.69 Å². The van der Waals surface area contributed by atoms with Crippen LogP contribution in [0.15, 0.2) is 48.5 Å². The van der Waals surface area contributed by atoms with Gasteiger partial charge in [0, 0.05) is 18.9 Å². The van der Waals surface area contributed by atoms with E-state index in [9.17, 15) is 14.7 Å². The molecule has 2 N–H and O–H groups in total. The fourth-order valence-electron chi connectivity index (χ4n) is 2.46. The molecule has 0 aliphatic rings.